The summed E-state index contributed by atoms with van der Waals surface area (Å²) in [6.45, 7) is 13.9. The first-order chi connectivity index (χ1) is 11.2. The number of rotatable bonds is 8. The normalized spacial score (nSPS) is 11.9. The molecule has 1 aromatic heterocycles. The molecule has 136 valence electrons. The first kappa shape index (κ1) is 20.5. The van der Waals surface area contributed by atoms with E-state index in [-0.39, 0.29) is 11.1 Å². The van der Waals surface area contributed by atoms with Gasteiger partial charge >= 0.3 is 6.03 Å². The standard InChI is InChI=1S/C18H33N3O2Si/c1-7-8-9-10-13-19-17(22)21-16-12-11-15(14-20-16)23-24(5,6)18(2,3)4/h11-12,14H,7-10,13H2,1-6H3,(H2,19,20,21,22). The Hall–Kier alpha value is -1.56. The summed E-state index contributed by atoms with van der Waals surface area (Å²) in [5, 5.41) is 5.74. The number of anilines is 1. The number of nitrogens with zero attached hydrogens (tertiary/aromatic N) is 1. The van der Waals surface area contributed by atoms with Gasteiger partial charge in [0, 0.05) is 6.54 Å². The molecule has 0 unspecified atom stereocenters. The molecule has 0 bridgehead atoms. The van der Waals surface area contributed by atoms with Crippen molar-refractivity contribution in [2.45, 2.75) is 71.5 Å². The maximum atomic E-state index is 11.8. The van der Waals surface area contributed by atoms with E-state index in [4.69, 9.17) is 4.43 Å². The number of hydrogen-bond donors (Lipinski definition) is 2. The molecule has 2 amide bonds. The van der Waals surface area contributed by atoms with Crippen LogP contribution in [0.4, 0.5) is 10.6 Å². The molecule has 0 aliphatic rings. The van der Waals surface area contributed by atoms with Crippen LogP contribution in [0, 0.1) is 0 Å². The van der Waals surface area contributed by atoms with Crippen LogP contribution >= 0.6 is 0 Å². The van der Waals surface area contributed by atoms with Crippen LogP contribution in [-0.4, -0.2) is 25.9 Å². The fourth-order valence-electron chi connectivity index (χ4n) is 1.88. The Morgan fingerprint density at radius 3 is 2.46 bits per heavy atom. The van der Waals surface area contributed by atoms with Crippen LogP contribution in [0.3, 0.4) is 0 Å². The van der Waals surface area contributed by atoms with Crippen LogP contribution in [0.1, 0.15) is 53.4 Å². The van der Waals surface area contributed by atoms with Gasteiger partial charge in [-0.15, -0.1) is 0 Å². The number of aromatic nitrogens is 1. The zero-order chi connectivity index (χ0) is 18.2. The second-order valence-electron chi connectivity index (χ2n) is 7.68. The van der Waals surface area contributed by atoms with Gasteiger partial charge in [0.15, 0.2) is 0 Å². The van der Waals surface area contributed by atoms with Gasteiger partial charge in [-0.2, -0.15) is 0 Å². The number of unbranched alkanes of at least 4 members (excludes halogenated alkanes) is 3. The fourth-order valence-corrected chi connectivity index (χ4v) is 2.89. The summed E-state index contributed by atoms with van der Waals surface area (Å²) in [4.78, 5) is 16.1. The van der Waals surface area contributed by atoms with Crippen molar-refractivity contribution in [1.82, 2.24) is 10.3 Å². The summed E-state index contributed by atoms with van der Waals surface area (Å²) < 4.78 is 6.18. The number of hydrogen-bond acceptors (Lipinski definition) is 3. The number of amides is 2. The van der Waals surface area contributed by atoms with Crippen LogP contribution in [0.25, 0.3) is 0 Å². The molecule has 0 aliphatic heterocycles. The Kier molecular flexibility index (Phi) is 7.73. The molecule has 1 heterocycles. The van der Waals surface area contributed by atoms with Crippen molar-refractivity contribution in [3.8, 4) is 5.75 Å². The highest BCUT2D eigenvalue weighted by atomic mass is 28.4. The van der Waals surface area contributed by atoms with E-state index in [0.29, 0.717) is 12.4 Å². The van der Waals surface area contributed by atoms with E-state index in [0.717, 1.165) is 18.6 Å². The summed E-state index contributed by atoms with van der Waals surface area (Å²) in [5.74, 6) is 1.29. The topological polar surface area (TPSA) is 63.2 Å². The van der Waals surface area contributed by atoms with E-state index in [2.05, 4.69) is 56.4 Å². The molecule has 0 saturated heterocycles. The summed E-state index contributed by atoms with van der Waals surface area (Å²) >= 11 is 0. The van der Waals surface area contributed by atoms with E-state index in [1.54, 1.807) is 12.3 Å². The lowest BCUT2D eigenvalue weighted by Crippen LogP contribution is -2.43. The number of carbonyl (C=O) groups excluding carboxylic acids is 1. The zero-order valence-corrected chi connectivity index (χ0v) is 17.0. The third kappa shape index (κ3) is 6.91. The largest absolute Gasteiger partial charge is 0.542 e. The molecular formula is C18H33N3O2Si. The Balaban J connectivity index is 2.46. The quantitative estimate of drug-likeness (QED) is 0.502. The highest BCUT2D eigenvalue weighted by Crippen LogP contribution is 2.37. The molecule has 0 fully saturated rings. The molecule has 0 aromatic carbocycles. The molecule has 5 nitrogen and oxygen atoms in total. The average molecular weight is 352 g/mol. The monoisotopic (exact) mass is 351 g/mol. The molecule has 0 aliphatic carbocycles. The van der Waals surface area contributed by atoms with Gasteiger partial charge in [0.2, 0.25) is 0 Å². The van der Waals surface area contributed by atoms with Crippen LogP contribution in [0.2, 0.25) is 18.1 Å². The van der Waals surface area contributed by atoms with Gasteiger partial charge in [-0.05, 0) is 36.7 Å². The number of urea groups is 1. The summed E-state index contributed by atoms with van der Waals surface area (Å²) in [7, 11) is -1.86. The molecule has 6 heteroatoms. The van der Waals surface area contributed by atoms with Crippen LogP contribution in [0.15, 0.2) is 18.3 Å². The number of carbonyl (C=O) groups is 1. The minimum Gasteiger partial charge on any atom is -0.542 e. The van der Waals surface area contributed by atoms with E-state index in [1.165, 1.54) is 12.8 Å². The Labute approximate surface area is 147 Å². The summed E-state index contributed by atoms with van der Waals surface area (Å²) in [5.41, 5.74) is 0. The van der Waals surface area contributed by atoms with Crippen LogP contribution in [0.5, 0.6) is 5.75 Å². The molecule has 0 radical (unpaired) electrons. The van der Waals surface area contributed by atoms with Gasteiger partial charge in [0.05, 0.1) is 6.20 Å². The van der Waals surface area contributed by atoms with Gasteiger partial charge in [0.25, 0.3) is 8.32 Å². The molecule has 1 rings (SSSR count). The molecule has 24 heavy (non-hydrogen) atoms. The van der Waals surface area contributed by atoms with Gasteiger partial charge in [-0.25, -0.2) is 9.78 Å². The van der Waals surface area contributed by atoms with Crippen molar-refractivity contribution in [3.63, 3.8) is 0 Å². The number of pyridine rings is 1. The second-order valence-corrected chi connectivity index (χ2v) is 12.4. The summed E-state index contributed by atoms with van der Waals surface area (Å²) in [6, 6.07) is 3.43. The third-order valence-electron chi connectivity index (χ3n) is 4.47. The predicted octanol–water partition coefficient (Wildman–Crippen LogP) is 5.17. The average Bonchev–Trinajstić information content (AvgIpc) is 2.47. The van der Waals surface area contributed by atoms with Gasteiger partial charge < -0.3 is 9.74 Å². The fraction of sp³-hybridized carbons (Fsp3) is 0.667. The maximum absolute atomic E-state index is 11.8. The molecule has 0 spiro atoms. The van der Waals surface area contributed by atoms with Crippen molar-refractivity contribution in [2.24, 2.45) is 0 Å². The second kappa shape index (κ2) is 9.06. The van der Waals surface area contributed by atoms with E-state index in [9.17, 15) is 4.79 Å². The third-order valence-corrected chi connectivity index (χ3v) is 8.83. The minimum atomic E-state index is -1.86. The highest BCUT2D eigenvalue weighted by Gasteiger charge is 2.38. The minimum absolute atomic E-state index is 0.140. The predicted molar refractivity (Wildman–Crippen MR) is 103 cm³/mol. The van der Waals surface area contributed by atoms with E-state index >= 15 is 0 Å². The van der Waals surface area contributed by atoms with Crippen molar-refractivity contribution < 1.29 is 9.22 Å². The van der Waals surface area contributed by atoms with Crippen LogP contribution < -0.4 is 15.1 Å². The first-order valence-corrected chi connectivity index (χ1v) is 11.8. The van der Waals surface area contributed by atoms with Crippen LogP contribution in [-0.2, 0) is 0 Å². The Bertz CT molecular complexity index is 510. The van der Waals surface area contributed by atoms with E-state index in [1.807, 2.05) is 6.07 Å². The van der Waals surface area contributed by atoms with Crippen molar-refractivity contribution in [1.29, 1.82) is 0 Å². The number of nitrogens with one attached hydrogen (secondary N) is 2. The van der Waals surface area contributed by atoms with Gasteiger partial charge in [-0.3, -0.25) is 5.32 Å². The molecule has 0 saturated carbocycles. The Morgan fingerprint density at radius 1 is 1.21 bits per heavy atom. The Morgan fingerprint density at radius 2 is 1.92 bits per heavy atom. The SMILES string of the molecule is CCCCCCNC(=O)Nc1ccc(O[Si](C)(C)C(C)(C)C)cn1. The van der Waals surface area contributed by atoms with Crippen molar-refractivity contribution >= 4 is 20.2 Å². The lowest BCUT2D eigenvalue weighted by molar-refractivity contribution is 0.252. The lowest BCUT2D eigenvalue weighted by atomic mass is 10.2. The molecule has 2 N–H and O–H groups in total. The molecule has 0 atom stereocenters. The van der Waals surface area contributed by atoms with Gasteiger partial charge in [0.1, 0.15) is 11.6 Å². The molecule has 1 aromatic rings. The highest BCUT2D eigenvalue weighted by molar-refractivity contribution is 6.74. The lowest BCUT2D eigenvalue weighted by Gasteiger charge is -2.36. The first-order valence-electron chi connectivity index (χ1n) is 8.85. The maximum Gasteiger partial charge on any atom is 0.320 e. The zero-order valence-electron chi connectivity index (χ0n) is 16.0. The van der Waals surface area contributed by atoms with E-state index < -0.39 is 8.32 Å². The van der Waals surface area contributed by atoms with Crippen molar-refractivity contribution in [2.75, 3.05) is 11.9 Å². The molecular weight excluding hydrogens is 318 g/mol. The smallest absolute Gasteiger partial charge is 0.320 e. The summed E-state index contributed by atoms with van der Waals surface area (Å²) in [6.07, 6.45) is 6.24. The van der Waals surface area contributed by atoms with Crippen molar-refractivity contribution in [3.05, 3.63) is 18.3 Å². The van der Waals surface area contributed by atoms with Gasteiger partial charge in [-0.1, -0.05) is 47.0 Å².